The van der Waals surface area contributed by atoms with Gasteiger partial charge in [0.2, 0.25) is 0 Å². The minimum absolute atomic E-state index is 0.593. The first-order valence-corrected chi connectivity index (χ1v) is 15.6. The van der Waals surface area contributed by atoms with Crippen molar-refractivity contribution in [3.05, 3.63) is 158 Å². The molecule has 5 heteroatoms. The molecule has 0 aliphatic rings. The van der Waals surface area contributed by atoms with Crippen molar-refractivity contribution in [2.45, 2.75) is 0 Å². The van der Waals surface area contributed by atoms with E-state index in [-0.39, 0.29) is 0 Å². The molecule has 0 atom stereocenters. The molecule has 0 radical (unpaired) electrons. The summed E-state index contributed by atoms with van der Waals surface area (Å²) in [6.45, 7) is 0. The average Bonchev–Trinajstić information content (AvgIpc) is 3.54. The quantitative estimate of drug-likeness (QED) is 0.196. The molecule has 0 N–H and O–H groups in total. The number of hydrogen-bond acceptors (Lipinski definition) is 5. The lowest BCUT2D eigenvalue weighted by Crippen LogP contribution is -2.00. The summed E-state index contributed by atoms with van der Waals surface area (Å²) in [5.41, 5.74) is 9.26. The van der Waals surface area contributed by atoms with Gasteiger partial charge in [0.15, 0.2) is 23.1 Å². The first kappa shape index (κ1) is 26.9. The Morgan fingerprint density at radius 3 is 1.68 bits per heavy atom. The second-order valence-electron chi connectivity index (χ2n) is 11.5. The summed E-state index contributed by atoms with van der Waals surface area (Å²) in [6.07, 6.45) is 1.86. The second kappa shape index (κ2) is 11.2. The van der Waals surface area contributed by atoms with Crippen LogP contribution in [0.3, 0.4) is 0 Å². The van der Waals surface area contributed by atoms with Crippen LogP contribution in [0.15, 0.2) is 162 Å². The van der Waals surface area contributed by atoms with Gasteiger partial charge in [0.05, 0.1) is 0 Å². The van der Waals surface area contributed by atoms with Gasteiger partial charge in [-0.15, -0.1) is 0 Å². The largest absolute Gasteiger partial charge is 0.454 e. The van der Waals surface area contributed by atoms with Crippen molar-refractivity contribution in [3.8, 4) is 56.4 Å². The first-order valence-electron chi connectivity index (χ1n) is 15.6. The Kier molecular flexibility index (Phi) is 6.39. The number of benzene rings is 6. The molecule has 9 aromatic rings. The molecule has 9 rings (SSSR count). The van der Waals surface area contributed by atoms with Gasteiger partial charge in [0.1, 0.15) is 11.1 Å². The number of hydrogen-bond donors (Lipinski definition) is 0. The normalized spacial score (nSPS) is 11.4. The van der Waals surface area contributed by atoms with Gasteiger partial charge in [0, 0.05) is 33.8 Å². The van der Waals surface area contributed by atoms with Gasteiger partial charge in [0.25, 0.3) is 0 Å². The lowest BCUT2D eigenvalue weighted by Gasteiger charge is -2.14. The van der Waals surface area contributed by atoms with E-state index >= 15 is 0 Å². The number of para-hydroxylation sites is 1. The number of fused-ring (bicyclic) bond motifs is 4. The molecule has 3 heterocycles. The molecule has 47 heavy (non-hydrogen) atoms. The molecule has 0 aliphatic carbocycles. The molecular weight excluding hydrogens is 576 g/mol. The predicted octanol–water partition coefficient (Wildman–Crippen LogP) is 10.7. The van der Waals surface area contributed by atoms with Crippen LogP contribution >= 0.6 is 0 Å². The summed E-state index contributed by atoms with van der Waals surface area (Å²) >= 11 is 0. The van der Waals surface area contributed by atoms with Crippen LogP contribution < -0.4 is 0 Å². The van der Waals surface area contributed by atoms with E-state index in [1.807, 2.05) is 91.1 Å². The monoisotopic (exact) mass is 602 g/mol. The molecule has 0 fully saturated rings. The molecule has 0 spiro atoms. The Labute approximate surface area is 270 Å². The third-order valence-electron chi connectivity index (χ3n) is 8.56. The van der Waals surface area contributed by atoms with E-state index in [1.165, 1.54) is 10.8 Å². The van der Waals surface area contributed by atoms with Crippen LogP contribution in [-0.2, 0) is 0 Å². The summed E-state index contributed by atoms with van der Waals surface area (Å²) in [4.78, 5) is 19.8. The van der Waals surface area contributed by atoms with Crippen molar-refractivity contribution < 1.29 is 4.42 Å². The van der Waals surface area contributed by atoms with Crippen molar-refractivity contribution in [1.29, 1.82) is 0 Å². The summed E-state index contributed by atoms with van der Waals surface area (Å²) in [7, 11) is 0. The van der Waals surface area contributed by atoms with Crippen LogP contribution in [0.25, 0.3) is 89.3 Å². The first-order chi connectivity index (χ1) is 23.3. The number of rotatable bonds is 5. The van der Waals surface area contributed by atoms with Crippen molar-refractivity contribution in [2.75, 3.05) is 0 Å². The molecule has 3 aromatic heterocycles. The lowest BCUT2D eigenvalue weighted by molar-refractivity contribution is 0.669. The predicted molar refractivity (Wildman–Crippen MR) is 190 cm³/mol. The molecule has 0 bridgehead atoms. The maximum atomic E-state index is 6.45. The average molecular weight is 603 g/mol. The highest BCUT2D eigenvalue weighted by molar-refractivity contribution is 6.08. The zero-order valence-corrected chi connectivity index (χ0v) is 25.2. The van der Waals surface area contributed by atoms with E-state index in [4.69, 9.17) is 24.4 Å². The Morgan fingerprint density at radius 1 is 0.404 bits per heavy atom. The van der Waals surface area contributed by atoms with Crippen molar-refractivity contribution in [1.82, 2.24) is 19.9 Å². The van der Waals surface area contributed by atoms with E-state index in [1.54, 1.807) is 0 Å². The summed E-state index contributed by atoms with van der Waals surface area (Å²) in [5.74, 6) is 1.83. The SMILES string of the molecule is c1ccc(-c2nc(-c3ccccc3)nc(-c3cc(-c4cccc5ccccc45)cc(-c4ccnc5c4oc4ccccc45)c3)n2)cc1. The van der Waals surface area contributed by atoms with Gasteiger partial charge < -0.3 is 4.42 Å². The van der Waals surface area contributed by atoms with Gasteiger partial charge in [-0.25, -0.2) is 15.0 Å². The lowest BCUT2D eigenvalue weighted by atomic mass is 9.93. The van der Waals surface area contributed by atoms with Gasteiger partial charge in [-0.05, 0) is 63.9 Å². The highest BCUT2D eigenvalue weighted by Gasteiger charge is 2.18. The van der Waals surface area contributed by atoms with Gasteiger partial charge in [-0.1, -0.05) is 115 Å². The van der Waals surface area contributed by atoms with E-state index in [0.29, 0.717) is 17.5 Å². The fourth-order valence-corrected chi connectivity index (χ4v) is 6.31. The molecule has 0 unspecified atom stereocenters. The topological polar surface area (TPSA) is 64.7 Å². The molecule has 6 aromatic carbocycles. The summed E-state index contributed by atoms with van der Waals surface area (Å²) in [6, 6.07) is 51.6. The smallest absolute Gasteiger partial charge is 0.164 e. The van der Waals surface area contributed by atoms with E-state index in [0.717, 1.165) is 61.0 Å². The summed E-state index contributed by atoms with van der Waals surface area (Å²) in [5, 5.41) is 3.35. The molecule has 0 saturated heterocycles. The van der Waals surface area contributed by atoms with Crippen molar-refractivity contribution in [2.24, 2.45) is 0 Å². The standard InChI is InChI=1S/C42H26N4O/c1-3-13-28(14-4-1)40-44-41(29-15-5-2-6-16-29)46-42(45-40)32-25-30(34-20-11-17-27-12-7-8-18-33(27)34)24-31(26-32)35-22-23-43-38-36-19-9-10-21-37(36)47-39(35)38/h1-26H. The maximum Gasteiger partial charge on any atom is 0.164 e. The minimum Gasteiger partial charge on any atom is -0.454 e. The third-order valence-corrected chi connectivity index (χ3v) is 8.56. The van der Waals surface area contributed by atoms with Gasteiger partial charge >= 0.3 is 0 Å². The fraction of sp³-hybridized carbons (Fsp3) is 0. The third kappa shape index (κ3) is 4.82. The van der Waals surface area contributed by atoms with E-state index in [9.17, 15) is 0 Å². The van der Waals surface area contributed by atoms with Crippen LogP contribution in [0.4, 0.5) is 0 Å². The van der Waals surface area contributed by atoms with Gasteiger partial charge in [-0.3, -0.25) is 4.98 Å². The zero-order chi connectivity index (χ0) is 31.2. The molecule has 0 aliphatic heterocycles. The Balaban J connectivity index is 1.33. The molecule has 0 amide bonds. The number of pyridine rings is 1. The summed E-state index contributed by atoms with van der Waals surface area (Å²) < 4.78 is 6.45. The molecule has 5 nitrogen and oxygen atoms in total. The van der Waals surface area contributed by atoms with E-state index < -0.39 is 0 Å². The van der Waals surface area contributed by atoms with Crippen LogP contribution in [0.1, 0.15) is 0 Å². The molecule has 0 saturated carbocycles. The Hall–Kier alpha value is -6.46. The van der Waals surface area contributed by atoms with Crippen LogP contribution in [0.2, 0.25) is 0 Å². The zero-order valence-electron chi connectivity index (χ0n) is 25.2. The van der Waals surface area contributed by atoms with Gasteiger partial charge in [-0.2, -0.15) is 0 Å². The molecular formula is C42H26N4O. The van der Waals surface area contributed by atoms with E-state index in [2.05, 4.69) is 66.7 Å². The Bertz CT molecular complexity index is 2510. The van der Waals surface area contributed by atoms with Crippen LogP contribution in [0.5, 0.6) is 0 Å². The van der Waals surface area contributed by atoms with Crippen molar-refractivity contribution >= 4 is 32.8 Å². The maximum absolute atomic E-state index is 6.45. The number of nitrogens with zero attached hydrogens (tertiary/aromatic N) is 4. The Morgan fingerprint density at radius 2 is 0.957 bits per heavy atom. The second-order valence-corrected chi connectivity index (χ2v) is 11.5. The highest BCUT2D eigenvalue weighted by Crippen LogP contribution is 2.39. The molecule has 220 valence electrons. The van der Waals surface area contributed by atoms with Crippen molar-refractivity contribution in [3.63, 3.8) is 0 Å². The fourth-order valence-electron chi connectivity index (χ4n) is 6.31. The highest BCUT2D eigenvalue weighted by atomic mass is 16.3. The minimum atomic E-state index is 0.593. The van der Waals surface area contributed by atoms with Crippen LogP contribution in [0, 0.1) is 0 Å². The number of furan rings is 1. The number of aromatic nitrogens is 4. The van der Waals surface area contributed by atoms with Crippen LogP contribution in [-0.4, -0.2) is 19.9 Å².